The number of alkyl halides is 2. The summed E-state index contributed by atoms with van der Waals surface area (Å²) < 4.78 is 52.3. The van der Waals surface area contributed by atoms with Gasteiger partial charge in [0.15, 0.2) is 29.7 Å². The Labute approximate surface area is 142 Å². The average molecular weight is 355 g/mol. The van der Waals surface area contributed by atoms with Gasteiger partial charge in [0, 0.05) is 6.54 Å². The number of benzene rings is 2. The van der Waals surface area contributed by atoms with Gasteiger partial charge < -0.3 is 19.5 Å². The number of rotatable bonds is 8. The molecule has 0 aliphatic carbocycles. The Balaban J connectivity index is 1.88. The molecule has 2 aromatic rings. The van der Waals surface area contributed by atoms with Crippen molar-refractivity contribution < 1.29 is 32.2 Å². The minimum absolute atomic E-state index is 0.0205. The summed E-state index contributed by atoms with van der Waals surface area (Å²) in [5.74, 6) is -1.03. The van der Waals surface area contributed by atoms with Crippen LogP contribution in [0.3, 0.4) is 0 Å². The van der Waals surface area contributed by atoms with Crippen molar-refractivity contribution >= 4 is 5.91 Å². The maximum atomic E-state index is 13.4. The van der Waals surface area contributed by atoms with Gasteiger partial charge in [-0.05, 0) is 29.8 Å². The lowest BCUT2D eigenvalue weighted by Gasteiger charge is -2.12. The molecule has 2 rings (SSSR count). The number of ether oxygens (including phenoxy) is 3. The zero-order valence-corrected chi connectivity index (χ0v) is 13.3. The largest absolute Gasteiger partial charge is 0.493 e. The van der Waals surface area contributed by atoms with Crippen molar-refractivity contribution in [2.45, 2.75) is 13.2 Å². The highest BCUT2D eigenvalue weighted by atomic mass is 19.3. The summed E-state index contributed by atoms with van der Waals surface area (Å²) in [4.78, 5) is 11.8. The van der Waals surface area contributed by atoms with Gasteiger partial charge in [-0.2, -0.15) is 8.78 Å². The molecule has 0 aromatic heterocycles. The fraction of sp³-hybridized carbons (Fsp3) is 0.235. The third-order valence-electron chi connectivity index (χ3n) is 3.13. The van der Waals surface area contributed by atoms with E-state index in [2.05, 4.69) is 10.1 Å². The first-order valence-electron chi connectivity index (χ1n) is 7.25. The lowest BCUT2D eigenvalue weighted by molar-refractivity contribution is -0.123. The number of carbonyl (C=O) groups is 1. The molecule has 8 heteroatoms. The predicted molar refractivity (Wildman–Crippen MR) is 83.4 cm³/mol. The lowest BCUT2D eigenvalue weighted by atomic mass is 10.2. The number of para-hydroxylation sites is 1. The van der Waals surface area contributed by atoms with E-state index in [-0.39, 0.29) is 30.4 Å². The highest BCUT2D eigenvalue weighted by Gasteiger charge is 2.12. The minimum Gasteiger partial charge on any atom is -0.493 e. The van der Waals surface area contributed by atoms with Crippen LogP contribution in [0.2, 0.25) is 0 Å². The van der Waals surface area contributed by atoms with Gasteiger partial charge in [0.05, 0.1) is 7.11 Å². The summed E-state index contributed by atoms with van der Waals surface area (Å²) in [5, 5.41) is 2.57. The van der Waals surface area contributed by atoms with Gasteiger partial charge in [0.2, 0.25) is 0 Å². The number of methoxy groups -OCH3 is 1. The summed E-state index contributed by atoms with van der Waals surface area (Å²) >= 11 is 0. The Bertz CT molecular complexity index is 725. The standard InChI is InChI=1S/C17H16F3NO4/c1-23-15-8-11(6-7-14(15)25-17(19)20)9-21-16(22)10-24-13-5-3-2-4-12(13)18/h2-8,17H,9-10H2,1H3,(H,21,22). The molecular formula is C17H16F3NO4. The molecular weight excluding hydrogens is 339 g/mol. The van der Waals surface area contributed by atoms with E-state index in [1.165, 1.54) is 43.5 Å². The van der Waals surface area contributed by atoms with Gasteiger partial charge in [-0.3, -0.25) is 4.79 Å². The van der Waals surface area contributed by atoms with E-state index >= 15 is 0 Å². The molecule has 0 saturated heterocycles. The van der Waals surface area contributed by atoms with Crippen LogP contribution in [0, 0.1) is 5.82 Å². The van der Waals surface area contributed by atoms with Crippen LogP contribution in [0.5, 0.6) is 17.2 Å². The van der Waals surface area contributed by atoms with Crippen LogP contribution < -0.4 is 19.5 Å². The fourth-order valence-electron chi connectivity index (χ4n) is 1.97. The van der Waals surface area contributed by atoms with Crippen molar-refractivity contribution in [3.63, 3.8) is 0 Å². The van der Waals surface area contributed by atoms with E-state index in [0.29, 0.717) is 5.56 Å². The van der Waals surface area contributed by atoms with E-state index < -0.39 is 18.3 Å². The second kappa shape index (κ2) is 8.81. The summed E-state index contributed by atoms with van der Waals surface area (Å²) in [5.41, 5.74) is 0.609. The van der Waals surface area contributed by atoms with Gasteiger partial charge >= 0.3 is 6.61 Å². The number of carbonyl (C=O) groups excluding carboxylic acids is 1. The average Bonchev–Trinajstić information content (AvgIpc) is 2.59. The molecule has 0 heterocycles. The molecule has 0 aliphatic heterocycles. The van der Waals surface area contributed by atoms with Crippen molar-refractivity contribution in [1.82, 2.24) is 5.32 Å². The first-order chi connectivity index (χ1) is 12.0. The molecule has 25 heavy (non-hydrogen) atoms. The van der Waals surface area contributed by atoms with E-state index in [1.54, 1.807) is 6.07 Å². The number of halogens is 3. The van der Waals surface area contributed by atoms with Crippen LogP contribution >= 0.6 is 0 Å². The van der Waals surface area contributed by atoms with Gasteiger partial charge in [0.1, 0.15) is 0 Å². The molecule has 1 amide bonds. The minimum atomic E-state index is -2.96. The number of hydrogen-bond acceptors (Lipinski definition) is 4. The number of nitrogens with one attached hydrogen (secondary N) is 1. The summed E-state index contributed by atoms with van der Waals surface area (Å²) in [7, 11) is 1.32. The highest BCUT2D eigenvalue weighted by molar-refractivity contribution is 5.77. The molecule has 1 N–H and O–H groups in total. The first kappa shape index (κ1) is 18.4. The zero-order valence-electron chi connectivity index (χ0n) is 13.3. The monoisotopic (exact) mass is 355 g/mol. The quantitative estimate of drug-likeness (QED) is 0.790. The smallest absolute Gasteiger partial charge is 0.387 e. The molecule has 0 spiro atoms. The van der Waals surface area contributed by atoms with Crippen LogP contribution in [-0.2, 0) is 11.3 Å². The zero-order chi connectivity index (χ0) is 18.2. The van der Waals surface area contributed by atoms with Gasteiger partial charge in [0.25, 0.3) is 5.91 Å². The number of amides is 1. The molecule has 134 valence electrons. The molecule has 5 nitrogen and oxygen atoms in total. The summed E-state index contributed by atoms with van der Waals surface area (Å²) in [6.07, 6.45) is 0. The Kier molecular flexibility index (Phi) is 6.50. The van der Waals surface area contributed by atoms with Crippen molar-refractivity contribution in [2.75, 3.05) is 13.7 Å². The molecule has 0 radical (unpaired) electrons. The second-order valence-corrected chi connectivity index (χ2v) is 4.86. The Morgan fingerprint density at radius 3 is 2.56 bits per heavy atom. The summed E-state index contributed by atoms with van der Waals surface area (Å²) in [6.45, 7) is -3.20. The van der Waals surface area contributed by atoms with Crippen LogP contribution in [-0.4, -0.2) is 26.2 Å². The highest BCUT2D eigenvalue weighted by Crippen LogP contribution is 2.29. The Morgan fingerprint density at radius 1 is 1.12 bits per heavy atom. The predicted octanol–water partition coefficient (Wildman–Crippen LogP) is 3.13. The van der Waals surface area contributed by atoms with Crippen molar-refractivity contribution in [3.8, 4) is 17.2 Å². The third kappa shape index (κ3) is 5.59. The molecule has 0 aliphatic rings. The van der Waals surface area contributed by atoms with Crippen molar-refractivity contribution in [2.24, 2.45) is 0 Å². The van der Waals surface area contributed by atoms with Gasteiger partial charge in [-0.15, -0.1) is 0 Å². The van der Waals surface area contributed by atoms with E-state index in [4.69, 9.17) is 9.47 Å². The Morgan fingerprint density at radius 2 is 1.88 bits per heavy atom. The van der Waals surface area contributed by atoms with Crippen molar-refractivity contribution in [3.05, 3.63) is 53.8 Å². The van der Waals surface area contributed by atoms with Crippen LogP contribution in [0.4, 0.5) is 13.2 Å². The van der Waals surface area contributed by atoms with Crippen LogP contribution in [0.1, 0.15) is 5.56 Å². The fourth-order valence-corrected chi connectivity index (χ4v) is 1.97. The van der Waals surface area contributed by atoms with Gasteiger partial charge in [-0.1, -0.05) is 18.2 Å². The molecule has 0 unspecified atom stereocenters. The normalized spacial score (nSPS) is 10.4. The van der Waals surface area contributed by atoms with E-state index in [9.17, 15) is 18.0 Å². The molecule has 0 bridgehead atoms. The lowest BCUT2D eigenvalue weighted by Crippen LogP contribution is -2.28. The topological polar surface area (TPSA) is 56.8 Å². The number of hydrogen-bond donors (Lipinski definition) is 1. The first-order valence-corrected chi connectivity index (χ1v) is 7.25. The van der Waals surface area contributed by atoms with E-state index in [0.717, 1.165) is 0 Å². The maximum Gasteiger partial charge on any atom is 0.387 e. The third-order valence-corrected chi connectivity index (χ3v) is 3.13. The van der Waals surface area contributed by atoms with Crippen LogP contribution in [0.15, 0.2) is 42.5 Å². The maximum absolute atomic E-state index is 13.4. The van der Waals surface area contributed by atoms with E-state index in [1.807, 2.05) is 0 Å². The summed E-state index contributed by atoms with van der Waals surface area (Å²) in [6, 6.07) is 10.0. The molecule has 0 fully saturated rings. The Hall–Kier alpha value is -2.90. The van der Waals surface area contributed by atoms with Crippen LogP contribution in [0.25, 0.3) is 0 Å². The second-order valence-electron chi connectivity index (χ2n) is 4.86. The van der Waals surface area contributed by atoms with Crippen molar-refractivity contribution in [1.29, 1.82) is 0 Å². The molecule has 0 saturated carbocycles. The molecule has 0 atom stereocenters. The SMILES string of the molecule is COc1cc(CNC(=O)COc2ccccc2F)ccc1OC(F)F. The molecule has 2 aromatic carbocycles. The van der Waals surface area contributed by atoms with Gasteiger partial charge in [-0.25, -0.2) is 4.39 Å².